The number of aldehydes is 1. The number of imidazole rings is 1. The van der Waals surface area contributed by atoms with Crippen LogP contribution in [0.2, 0.25) is 28.4 Å². The Balaban J connectivity index is 0.000000177. The van der Waals surface area contributed by atoms with Crippen LogP contribution in [-0.4, -0.2) is 127 Å². The van der Waals surface area contributed by atoms with Crippen LogP contribution in [0.5, 0.6) is 11.5 Å². The van der Waals surface area contributed by atoms with Crippen LogP contribution in [0, 0.1) is 27.7 Å². The lowest BCUT2D eigenvalue weighted by Crippen LogP contribution is -2.46. The molecule has 0 saturated heterocycles. The molecule has 0 unspecified atom stereocenters. The van der Waals surface area contributed by atoms with Crippen molar-refractivity contribution in [3.63, 3.8) is 0 Å². The minimum absolute atomic E-state index is 0.0123. The summed E-state index contributed by atoms with van der Waals surface area (Å²) in [6.45, 7) is 19.3. The number of nitrogen functional groups attached to an aromatic ring is 2. The Bertz CT molecular complexity index is 3530. The fraction of sp³-hybridized carbons (Fsp3) is 0.475. The highest BCUT2D eigenvalue weighted by Crippen LogP contribution is 2.43. The minimum atomic E-state index is -1.72. The van der Waals surface area contributed by atoms with Gasteiger partial charge in [0.2, 0.25) is 23.7 Å². The summed E-state index contributed by atoms with van der Waals surface area (Å²) in [4.78, 5) is 101. The first-order chi connectivity index (χ1) is 40.7. The van der Waals surface area contributed by atoms with Gasteiger partial charge in [-0.3, -0.25) is 48.7 Å². The Labute approximate surface area is 510 Å². The van der Waals surface area contributed by atoms with Crippen molar-refractivity contribution in [2.75, 3.05) is 35.5 Å². The van der Waals surface area contributed by atoms with Gasteiger partial charge >= 0.3 is 0 Å². The number of aliphatic imine (C=N–C) groups is 1. The van der Waals surface area contributed by atoms with Crippen LogP contribution in [0.4, 0.5) is 23.5 Å². The molecular weight excluding hydrogens is 1160 g/mol. The molecule has 24 nitrogen and oxygen atoms in total. The third-order valence-corrected chi connectivity index (χ3v) is 21.6. The van der Waals surface area contributed by atoms with Crippen molar-refractivity contribution < 1.29 is 43.0 Å². The number of hydrogen-bond donors (Lipinski definition) is 6. The van der Waals surface area contributed by atoms with Crippen LogP contribution in [0.15, 0.2) is 35.4 Å². The van der Waals surface area contributed by atoms with Crippen LogP contribution in [0.3, 0.4) is 0 Å². The van der Waals surface area contributed by atoms with Crippen molar-refractivity contribution in [3.05, 3.63) is 97.0 Å². The van der Waals surface area contributed by atoms with Gasteiger partial charge in [-0.15, -0.1) is 0 Å². The maximum Gasteiger partial charge on any atom is 0.269 e. The molecule has 5 aliphatic rings. The third kappa shape index (κ3) is 14.6. The Hall–Kier alpha value is -7.71. The number of carbonyl (C=O) groups is 5. The summed E-state index contributed by atoms with van der Waals surface area (Å²) in [5.41, 5.74) is 18.8. The molecule has 8 N–H and O–H groups in total. The first-order valence-corrected chi connectivity index (χ1v) is 32.1. The number of pyridine rings is 2. The zero-order chi connectivity index (χ0) is 62.5. The summed E-state index contributed by atoms with van der Waals surface area (Å²) in [6, 6.07) is 0.180. The Morgan fingerprint density at radius 2 is 1.31 bits per heavy atom. The molecule has 2 aliphatic carbocycles. The molecule has 3 aliphatic heterocycles. The van der Waals surface area contributed by atoms with E-state index in [2.05, 4.69) is 89.4 Å². The summed E-state index contributed by atoms with van der Waals surface area (Å²) in [6.07, 6.45) is 15.7. The van der Waals surface area contributed by atoms with Crippen molar-refractivity contribution in [2.24, 2.45) is 4.99 Å². The number of methoxy groups -OCH3 is 2. The van der Waals surface area contributed by atoms with Crippen molar-refractivity contribution >= 4 is 102 Å². The maximum absolute atomic E-state index is 13.7. The average molecular weight is 1240 g/mol. The van der Waals surface area contributed by atoms with E-state index < -0.39 is 14.2 Å². The van der Waals surface area contributed by atoms with Crippen molar-refractivity contribution in [2.45, 2.75) is 168 Å². The molecule has 10 rings (SSSR count). The van der Waals surface area contributed by atoms with Crippen LogP contribution in [-0.2, 0) is 43.1 Å². The lowest BCUT2D eigenvalue weighted by Gasteiger charge is -2.41. The van der Waals surface area contributed by atoms with E-state index in [1.165, 1.54) is 28.3 Å². The number of rotatable bonds is 14. The first kappa shape index (κ1) is 64.3. The molecule has 0 aromatic carbocycles. The Kier molecular flexibility index (Phi) is 20.1. The molecule has 5 aromatic rings. The van der Waals surface area contributed by atoms with E-state index in [-0.39, 0.29) is 106 Å². The number of nitrogens with two attached hydrogens (primary N) is 2. The SMILES string of the molecule is CC(C)(C)[Si](C)(C)OC1CCC(NC(=O)C2=CN=C(C=O)C2)CC1.COc1c(C)cnc(CN2C(=O)/C(=C\c3ncc(C(=O)NC4CCC(O)CC4)[nH]3)c3c(Cl)nc(N)nc32)c1C.COc1c(C)cnc(CN2C(=O)Cc3c(Cl)nc(N)nc32)c1C. The number of fused-ring (bicyclic) bond motifs is 2. The highest BCUT2D eigenvalue weighted by Gasteiger charge is 2.41. The number of aryl methyl sites for hydroxylation is 2. The number of amides is 4. The molecule has 86 heavy (non-hydrogen) atoms. The van der Waals surface area contributed by atoms with E-state index in [1.54, 1.807) is 26.6 Å². The van der Waals surface area contributed by atoms with Gasteiger partial charge in [0.15, 0.2) is 20.4 Å². The van der Waals surface area contributed by atoms with Gasteiger partial charge in [-0.25, -0.2) is 15.0 Å². The number of H-pyrrole nitrogens is 1. The molecule has 4 amide bonds. The molecule has 2 fully saturated rings. The predicted molar refractivity (Wildman–Crippen MR) is 330 cm³/mol. The molecule has 0 bridgehead atoms. The number of carbonyl (C=O) groups excluding carboxylic acids is 5. The lowest BCUT2D eigenvalue weighted by atomic mass is 9.93. The number of anilines is 4. The van der Waals surface area contributed by atoms with Crippen LogP contribution >= 0.6 is 23.2 Å². The second-order valence-electron chi connectivity index (χ2n) is 23.5. The number of halogens is 2. The maximum atomic E-state index is 13.7. The Morgan fingerprint density at radius 3 is 1.87 bits per heavy atom. The number of aliphatic hydroxyl groups is 1. The van der Waals surface area contributed by atoms with Gasteiger partial charge in [-0.1, -0.05) is 44.0 Å². The number of aliphatic hydroxyl groups excluding tert-OH is 1. The number of nitrogens with one attached hydrogen (secondary N) is 3. The smallest absolute Gasteiger partial charge is 0.269 e. The van der Waals surface area contributed by atoms with Gasteiger partial charge in [0.1, 0.15) is 39.1 Å². The molecule has 0 radical (unpaired) electrons. The zero-order valence-corrected chi connectivity index (χ0v) is 52.9. The van der Waals surface area contributed by atoms with Gasteiger partial charge in [0.05, 0.1) is 74.3 Å². The second-order valence-corrected chi connectivity index (χ2v) is 29.0. The highest BCUT2D eigenvalue weighted by molar-refractivity contribution is 6.74. The lowest BCUT2D eigenvalue weighted by molar-refractivity contribution is -0.119. The summed E-state index contributed by atoms with van der Waals surface area (Å²) in [5, 5.41) is 16.2. The molecule has 27 heteroatoms. The summed E-state index contributed by atoms with van der Waals surface area (Å²) in [7, 11) is 1.47. The number of hydrogen-bond acceptors (Lipinski definition) is 19. The van der Waals surface area contributed by atoms with E-state index in [0.29, 0.717) is 84.2 Å². The number of nitrogens with zero attached hydrogens (tertiary/aromatic N) is 10. The van der Waals surface area contributed by atoms with Gasteiger partial charge in [0, 0.05) is 76.6 Å². The predicted octanol–water partition coefficient (Wildman–Crippen LogP) is 7.76. The molecule has 2 saturated carbocycles. The second kappa shape index (κ2) is 26.9. The molecular formula is C59H75Cl2N15O9Si. The van der Waals surface area contributed by atoms with Gasteiger partial charge < -0.3 is 46.1 Å². The average Bonchev–Trinajstić information content (AvgIpc) is 2.09. The minimum Gasteiger partial charge on any atom is -0.496 e. The van der Waals surface area contributed by atoms with Gasteiger partial charge in [0.25, 0.3) is 11.8 Å². The van der Waals surface area contributed by atoms with Crippen LogP contribution in [0.1, 0.15) is 140 Å². The third-order valence-electron chi connectivity index (χ3n) is 16.4. The topological polar surface area (TPSA) is 334 Å². The molecule has 5 aromatic heterocycles. The van der Waals surface area contributed by atoms with E-state index in [0.717, 1.165) is 59.4 Å². The highest BCUT2D eigenvalue weighted by atomic mass is 35.5. The molecule has 8 heterocycles. The zero-order valence-electron chi connectivity index (χ0n) is 50.4. The van der Waals surface area contributed by atoms with Gasteiger partial charge in [-0.2, -0.15) is 9.97 Å². The molecule has 0 atom stereocenters. The van der Waals surface area contributed by atoms with Crippen molar-refractivity contribution in [1.29, 1.82) is 0 Å². The largest absolute Gasteiger partial charge is 0.496 e. The monoisotopic (exact) mass is 1240 g/mol. The van der Waals surface area contributed by atoms with E-state index in [1.807, 2.05) is 27.7 Å². The van der Waals surface area contributed by atoms with Crippen molar-refractivity contribution in [3.8, 4) is 11.5 Å². The van der Waals surface area contributed by atoms with Crippen LogP contribution in [0.25, 0.3) is 11.6 Å². The van der Waals surface area contributed by atoms with E-state index in [9.17, 15) is 29.1 Å². The summed E-state index contributed by atoms with van der Waals surface area (Å²) >= 11 is 12.5. The number of aromatic amines is 1. The van der Waals surface area contributed by atoms with Crippen LogP contribution < -0.4 is 41.4 Å². The van der Waals surface area contributed by atoms with E-state index >= 15 is 0 Å². The van der Waals surface area contributed by atoms with Gasteiger partial charge in [-0.05, 0) is 103 Å². The fourth-order valence-corrected chi connectivity index (χ4v) is 12.6. The summed E-state index contributed by atoms with van der Waals surface area (Å²) in [5.74, 6) is 1.52. The van der Waals surface area contributed by atoms with E-state index in [4.69, 9.17) is 48.6 Å². The normalized spacial score (nSPS) is 19.6. The number of aromatic nitrogens is 8. The first-order valence-electron chi connectivity index (χ1n) is 28.4. The molecule has 458 valence electrons. The quantitative estimate of drug-likeness (QED) is 0.0268. The fourth-order valence-electron chi connectivity index (χ4n) is 10.6. The standard InChI is InChI=1S/C26H29ClN8O4.C18H30N2O3Si.C15H16ClN5O2/c1-12-9-29-18(13(2)21(12)39-3)11-35-23-20(22(27)33-26(28)34-23)16(25(35)38)8-19-30-10-17(32-19)24(37)31-14-4-6-15(36)7-5-14;1-18(2,3)24(4,5)23-16-8-6-14(7-9-16)20-17(22)13-10-15(12-21)19-11-13;1-7-5-18-10(8(2)12(7)23-3)6-21-11(22)4-9-13(16)19-15(17)20-14(9)21/h8-10,14-15,36H,4-7,11H2,1-3H3,(H,30,32)(H,31,37)(H2,28,33,34);11-12,14,16H,6-10H2,1-5H3,(H,20,22);5H,4,6H2,1-3H3,(H2,17,19,20)/b16-8-;;. The van der Waals surface area contributed by atoms with Crippen molar-refractivity contribution in [1.82, 2.24) is 50.5 Å². The summed E-state index contributed by atoms with van der Waals surface area (Å²) < 4.78 is 17.4. The molecule has 0 spiro atoms. The Morgan fingerprint density at radius 1 is 0.767 bits per heavy atom. The number of ether oxygens (including phenoxy) is 2.